The van der Waals surface area contributed by atoms with E-state index in [4.69, 9.17) is 20.4 Å². The van der Waals surface area contributed by atoms with Crippen LogP contribution in [0.1, 0.15) is 0 Å². The summed E-state index contributed by atoms with van der Waals surface area (Å²) in [5, 5.41) is 63.2. The van der Waals surface area contributed by atoms with Crippen LogP contribution >= 0.6 is 0 Å². The number of aliphatic hydroxyl groups is 7. The predicted octanol–water partition coefficient (Wildman–Crippen LogP) is -5.54. The largest absolute Gasteiger partial charge is 0.446 e. The van der Waals surface area contributed by atoms with Gasteiger partial charge in [0, 0.05) is 0 Å². The lowest BCUT2D eigenvalue weighted by Crippen LogP contribution is -2.49. The van der Waals surface area contributed by atoms with Gasteiger partial charge in [0.05, 0.1) is 13.2 Å². The number of hydrogen-bond donors (Lipinski definition) is 7. The van der Waals surface area contributed by atoms with Gasteiger partial charge in [-0.1, -0.05) is 0 Å². The number of carbonyl (C=O) groups is 3. The van der Waals surface area contributed by atoms with Crippen LogP contribution in [0.5, 0.6) is 0 Å². The van der Waals surface area contributed by atoms with Gasteiger partial charge in [0.2, 0.25) is 0 Å². The van der Waals surface area contributed by atoms with Crippen molar-refractivity contribution in [3.63, 3.8) is 0 Å². The minimum Gasteiger partial charge on any atom is -0.446 e. The zero-order valence-corrected chi connectivity index (χ0v) is 11.2. The first-order valence-electron chi connectivity index (χ1n) is 6.03. The molecular weight excluding hydrogens is 308 g/mol. The molecule has 0 aromatic heterocycles. The summed E-state index contributed by atoms with van der Waals surface area (Å²) in [7, 11) is 0. The van der Waals surface area contributed by atoms with Crippen LogP contribution in [-0.2, 0) is 19.1 Å². The van der Waals surface area contributed by atoms with Crippen molar-refractivity contribution < 1.29 is 54.9 Å². The number of ether oxygens (including phenoxy) is 1. The highest BCUT2D eigenvalue weighted by Gasteiger charge is 2.37. The molecule has 0 saturated heterocycles. The van der Waals surface area contributed by atoms with Gasteiger partial charge in [-0.15, -0.1) is 0 Å². The molecule has 22 heavy (non-hydrogen) atoms. The van der Waals surface area contributed by atoms with Crippen LogP contribution in [0.2, 0.25) is 0 Å². The Morgan fingerprint density at radius 1 is 0.909 bits per heavy atom. The van der Waals surface area contributed by atoms with E-state index < -0.39 is 61.6 Å². The Morgan fingerprint density at radius 3 is 1.77 bits per heavy atom. The van der Waals surface area contributed by atoms with Crippen molar-refractivity contribution in [1.82, 2.24) is 0 Å². The van der Waals surface area contributed by atoms with Crippen LogP contribution in [0.25, 0.3) is 0 Å². The number of aldehydes is 1. The van der Waals surface area contributed by atoms with Crippen molar-refractivity contribution in [2.75, 3.05) is 13.2 Å². The van der Waals surface area contributed by atoms with E-state index in [2.05, 4.69) is 4.74 Å². The molecule has 0 saturated carbocycles. The minimum absolute atomic E-state index is 0.125. The van der Waals surface area contributed by atoms with Crippen LogP contribution in [0, 0.1) is 0 Å². The van der Waals surface area contributed by atoms with E-state index in [1.54, 1.807) is 0 Å². The van der Waals surface area contributed by atoms with E-state index in [9.17, 15) is 29.7 Å². The fraction of sp³-hybridized carbons (Fsp3) is 0.727. The Kier molecular flexibility index (Phi) is 8.89. The van der Waals surface area contributed by atoms with Gasteiger partial charge in [-0.25, -0.2) is 4.79 Å². The molecule has 0 amide bonds. The van der Waals surface area contributed by atoms with Gasteiger partial charge in [-0.2, -0.15) is 0 Å². The second kappa shape index (κ2) is 9.53. The molecule has 11 nitrogen and oxygen atoms in total. The van der Waals surface area contributed by atoms with Crippen LogP contribution < -0.4 is 0 Å². The second-order valence-corrected chi connectivity index (χ2v) is 4.30. The SMILES string of the molecule is O=C[C@@H](OC(=O)C(=O)C(O)C(O)C(O)CO)[C@H](O)[C@H](O)CO. The van der Waals surface area contributed by atoms with E-state index in [0.717, 1.165) is 0 Å². The molecule has 3 unspecified atom stereocenters. The van der Waals surface area contributed by atoms with Crippen molar-refractivity contribution in [2.45, 2.75) is 36.6 Å². The van der Waals surface area contributed by atoms with Crippen molar-refractivity contribution in [1.29, 1.82) is 0 Å². The third kappa shape index (κ3) is 5.38. The molecule has 0 heterocycles. The molecule has 11 heteroatoms. The number of carbonyl (C=O) groups excluding carboxylic acids is 3. The minimum atomic E-state index is -2.44. The number of rotatable bonds is 10. The Morgan fingerprint density at radius 2 is 1.36 bits per heavy atom. The van der Waals surface area contributed by atoms with Crippen molar-refractivity contribution in [2.24, 2.45) is 0 Å². The average molecular weight is 326 g/mol. The summed E-state index contributed by atoms with van der Waals surface area (Å²) in [6.45, 7) is -1.96. The van der Waals surface area contributed by atoms with E-state index in [1.807, 2.05) is 0 Å². The molecule has 0 radical (unpaired) electrons. The third-order valence-corrected chi connectivity index (χ3v) is 2.67. The first kappa shape index (κ1) is 20.5. The maximum Gasteiger partial charge on any atom is 0.378 e. The van der Waals surface area contributed by atoms with Gasteiger partial charge in [0.25, 0.3) is 5.78 Å². The van der Waals surface area contributed by atoms with Gasteiger partial charge >= 0.3 is 5.97 Å². The van der Waals surface area contributed by atoms with Gasteiger partial charge in [0.15, 0.2) is 18.5 Å². The number of Topliss-reactive ketones (excluding diaryl/α,β-unsaturated/α-hetero) is 1. The normalized spacial score (nSPS) is 19.4. The lowest BCUT2D eigenvalue weighted by Gasteiger charge is -2.23. The topological polar surface area (TPSA) is 202 Å². The lowest BCUT2D eigenvalue weighted by atomic mass is 10.0. The van der Waals surface area contributed by atoms with E-state index in [-0.39, 0.29) is 6.29 Å². The highest BCUT2D eigenvalue weighted by atomic mass is 16.6. The third-order valence-electron chi connectivity index (χ3n) is 2.67. The Bertz CT molecular complexity index is 384. The maximum absolute atomic E-state index is 11.4. The first-order chi connectivity index (χ1) is 10.2. The van der Waals surface area contributed by atoms with Crippen LogP contribution in [0.4, 0.5) is 0 Å². The molecule has 128 valence electrons. The number of ketones is 1. The molecular formula is C11H18O11. The lowest BCUT2D eigenvalue weighted by molar-refractivity contribution is -0.174. The summed E-state index contributed by atoms with van der Waals surface area (Å²) in [4.78, 5) is 33.5. The highest BCUT2D eigenvalue weighted by Crippen LogP contribution is 2.07. The standard InChI is InChI=1S/C11H18O11/c12-1-4(15)7(17)6(3-14)22-11(21)10(20)9(19)8(18)5(16)2-13/h3-9,12-13,15-19H,1-2H2/t4-,5?,6-,7-,8?,9?/m1/s1. The molecule has 6 atom stereocenters. The Balaban J connectivity index is 4.81. The summed E-state index contributed by atoms with van der Waals surface area (Å²) in [6, 6.07) is 0. The maximum atomic E-state index is 11.4. The van der Waals surface area contributed by atoms with Crippen LogP contribution in [0.15, 0.2) is 0 Å². The first-order valence-corrected chi connectivity index (χ1v) is 6.03. The predicted molar refractivity (Wildman–Crippen MR) is 65.2 cm³/mol. The quantitative estimate of drug-likeness (QED) is 0.115. The van der Waals surface area contributed by atoms with Gasteiger partial charge in [0.1, 0.15) is 24.4 Å². The number of hydrogen-bond acceptors (Lipinski definition) is 11. The number of esters is 1. The molecule has 7 N–H and O–H groups in total. The van der Waals surface area contributed by atoms with Crippen molar-refractivity contribution in [3.8, 4) is 0 Å². The second-order valence-electron chi connectivity index (χ2n) is 4.30. The Hall–Kier alpha value is -1.47. The molecule has 0 spiro atoms. The summed E-state index contributed by atoms with van der Waals surface area (Å²) in [5.41, 5.74) is 0. The smallest absolute Gasteiger partial charge is 0.378 e. The van der Waals surface area contributed by atoms with E-state index in [1.165, 1.54) is 0 Å². The Labute approximate surface area is 124 Å². The van der Waals surface area contributed by atoms with Crippen LogP contribution in [-0.4, -0.2) is 104 Å². The molecule has 0 bridgehead atoms. The van der Waals surface area contributed by atoms with Crippen molar-refractivity contribution >= 4 is 18.0 Å². The summed E-state index contributed by atoms with van der Waals surface area (Å²) in [6.07, 6.45) is -12.5. The van der Waals surface area contributed by atoms with Gasteiger partial charge in [-0.3, -0.25) is 9.59 Å². The zero-order chi connectivity index (χ0) is 17.4. The average Bonchev–Trinajstić information content (AvgIpc) is 2.54. The van der Waals surface area contributed by atoms with E-state index >= 15 is 0 Å². The molecule has 0 aromatic carbocycles. The molecule has 0 aliphatic heterocycles. The summed E-state index contributed by atoms with van der Waals surface area (Å²) < 4.78 is 4.24. The molecule has 0 aliphatic rings. The fourth-order valence-electron chi connectivity index (χ4n) is 1.28. The zero-order valence-electron chi connectivity index (χ0n) is 11.2. The number of aliphatic hydroxyl groups excluding tert-OH is 7. The fourth-order valence-corrected chi connectivity index (χ4v) is 1.28. The molecule has 0 aromatic rings. The van der Waals surface area contributed by atoms with Crippen molar-refractivity contribution in [3.05, 3.63) is 0 Å². The van der Waals surface area contributed by atoms with Gasteiger partial charge < -0.3 is 40.5 Å². The van der Waals surface area contributed by atoms with Crippen LogP contribution in [0.3, 0.4) is 0 Å². The summed E-state index contributed by atoms with van der Waals surface area (Å²) >= 11 is 0. The van der Waals surface area contributed by atoms with E-state index in [0.29, 0.717) is 0 Å². The highest BCUT2D eigenvalue weighted by molar-refractivity contribution is 6.35. The summed E-state index contributed by atoms with van der Waals surface area (Å²) in [5.74, 6) is -3.59. The van der Waals surface area contributed by atoms with Gasteiger partial charge in [-0.05, 0) is 0 Å². The molecule has 0 aliphatic carbocycles. The monoisotopic (exact) mass is 326 g/mol. The molecule has 0 rings (SSSR count). The molecule has 0 fully saturated rings.